The number of ether oxygens (including phenoxy) is 1. The van der Waals surface area contributed by atoms with Crippen LogP contribution < -0.4 is 10.1 Å². The van der Waals surface area contributed by atoms with Gasteiger partial charge in [0.2, 0.25) is 0 Å². The quantitative estimate of drug-likeness (QED) is 0.916. The minimum atomic E-state index is -0.634. The molecule has 0 saturated heterocycles. The molecule has 0 aliphatic carbocycles. The van der Waals surface area contributed by atoms with Crippen molar-refractivity contribution in [1.82, 2.24) is 10.3 Å². The fourth-order valence-electron chi connectivity index (χ4n) is 1.62. The maximum atomic E-state index is 13.3. The Kier molecular flexibility index (Phi) is 4.07. The van der Waals surface area contributed by atoms with Crippen LogP contribution in [0, 0.1) is 5.82 Å². The van der Waals surface area contributed by atoms with Crippen LogP contribution in [0.3, 0.4) is 0 Å². The number of nitrogens with one attached hydrogen (secondary N) is 1. The minimum absolute atomic E-state index is 0.0158. The summed E-state index contributed by atoms with van der Waals surface area (Å²) < 4.78 is 18.4. The van der Waals surface area contributed by atoms with E-state index in [2.05, 4.69) is 10.3 Å². The molecule has 19 heavy (non-hydrogen) atoms. The van der Waals surface area contributed by atoms with Gasteiger partial charge in [-0.05, 0) is 23.8 Å². The molecule has 1 amide bonds. The third kappa shape index (κ3) is 3.28. The molecule has 1 aromatic carbocycles. The number of pyridine rings is 1. The lowest BCUT2D eigenvalue weighted by molar-refractivity contribution is 0.0946. The van der Waals surface area contributed by atoms with Gasteiger partial charge in [0.15, 0.2) is 5.82 Å². The Balaban J connectivity index is 2.02. The van der Waals surface area contributed by atoms with Crippen molar-refractivity contribution in [1.29, 1.82) is 0 Å². The van der Waals surface area contributed by atoms with Crippen LogP contribution >= 0.6 is 0 Å². The minimum Gasteiger partial charge on any atom is -0.497 e. The van der Waals surface area contributed by atoms with Gasteiger partial charge in [-0.1, -0.05) is 12.1 Å². The standard InChI is InChI=1S/C14H13FN2O2/c1-19-11-4-2-3-10(7-11)8-17-14(18)12-5-6-16-9-13(12)15/h2-7,9H,8H2,1H3,(H,17,18). The van der Waals surface area contributed by atoms with Crippen molar-refractivity contribution in [3.63, 3.8) is 0 Å². The number of hydrogen-bond donors (Lipinski definition) is 1. The van der Waals surface area contributed by atoms with Crippen molar-refractivity contribution in [2.45, 2.75) is 6.54 Å². The number of nitrogens with zero attached hydrogens (tertiary/aromatic N) is 1. The fraction of sp³-hybridized carbons (Fsp3) is 0.143. The van der Waals surface area contributed by atoms with E-state index in [-0.39, 0.29) is 5.56 Å². The lowest BCUT2D eigenvalue weighted by atomic mass is 10.2. The highest BCUT2D eigenvalue weighted by molar-refractivity contribution is 5.94. The lowest BCUT2D eigenvalue weighted by Crippen LogP contribution is -2.23. The van der Waals surface area contributed by atoms with Crippen LogP contribution in [0.2, 0.25) is 0 Å². The molecule has 5 heteroatoms. The number of amides is 1. The molecule has 0 atom stereocenters. The van der Waals surface area contributed by atoms with Crippen molar-refractivity contribution in [2.75, 3.05) is 7.11 Å². The van der Waals surface area contributed by atoms with Crippen LogP contribution in [0.25, 0.3) is 0 Å². The first-order chi connectivity index (χ1) is 9.20. The molecule has 0 bridgehead atoms. The van der Waals surface area contributed by atoms with Gasteiger partial charge in [-0.15, -0.1) is 0 Å². The highest BCUT2D eigenvalue weighted by Gasteiger charge is 2.10. The zero-order valence-corrected chi connectivity index (χ0v) is 10.4. The predicted molar refractivity (Wildman–Crippen MR) is 68.4 cm³/mol. The van der Waals surface area contributed by atoms with Crippen molar-refractivity contribution in [3.8, 4) is 5.75 Å². The van der Waals surface area contributed by atoms with Gasteiger partial charge in [0.1, 0.15) is 5.75 Å². The van der Waals surface area contributed by atoms with Gasteiger partial charge in [0.05, 0.1) is 18.9 Å². The summed E-state index contributed by atoms with van der Waals surface area (Å²) in [4.78, 5) is 15.4. The number of carbonyl (C=O) groups is 1. The number of hydrogen-bond acceptors (Lipinski definition) is 3. The maximum absolute atomic E-state index is 13.3. The molecule has 2 rings (SSSR count). The summed E-state index contributed by atoms with van der Waals surface area (Å²) in [6.45, 7) is 0.303. The molecular formula is C14H13FN2O2. The van der Waals surface area contributed by atoms with Crippen molar-refractivity contribution in [2.24, 2.45) is 0 Å². The number of methoxy groups -OCH3 is 1. The van der Waals surface area contributed by atoms with E-state index in [1.807, 2.05) is 24.3 Å². The average Bonchev–Trinajstić information content (AvgIpc) is 2.45. The molecule has 1 heterocycles. The van der Waals surface area contributed by atoms with Gasteiger partial charge in [-0.2, -0.15) is 0 Å². The molecule has 0 radical (unpaired) electrons. The highest BCUT2D eigenvalue weighted by atomic mass is 19.1. The summed E-state index contributed by atoms with van der Waals surface area (Å²) >= 11 is 0. The Morgan fingerprint density at radius 3 is 3.00 bits per heavy atom. The summed E-state index contributed by atoms with van der Waals surface area (Å²) in [6, 6.07) is 8.65. The number of rotatable bonds is 4. The van der Waals surface area contributed by atoms with E-state index in [4.69, 9.17) is 4.74 Å². The van der Waals surface area contributed by atoms with Gasteiger partial charge in [0.25, 0.3) is 5.91 Å². The second-order valence-corrected chi connectivity index (χ2v) is 3.89. The summed E-state index contributed by atoms with van der Waals surface area (Å²) in [6.07, 6.45) is 2.39. The number of aromatic nitrogens is 1. The van der Waals surface area contributed by atoms with E-state index in [1.54, 1.807) is 7.11 Å². The summed E-state index contributed by atoms with van der Waals surface area (Å²) in [5.74, 6) is -0.393. The summed E-state index contributed by atoms with van der Waals surface area (Å²) in [7, 11) is 1.57. The topological polar surface area (TPSA) is 51.2 Å². The maximum Gasteiger partial charge on any atom is 0.254 e. The van der Waals surface area contributed by atoms with E-state index < -0.39 is 11.7 Å². The molecule has 1 N–H and O–H groups in total. The largest absolute Gasteiger partial charge is 0.497 e. The zero-order chi connectivity index (χ0) is 13.7. The summed E-state index contributed by atoms with van der Waals surface area (Å²) in [5, 5.41) is 2.65. The van der Waals surface area contributed by atoms with E-state index in [0.717, 1.165) is 11.8 Å². The molecular weight excluding hydrogens is 247 g/mol. The van der Waals surface area contributed by atoms with E-state index >= 15 is 0 Å². The number of benzene rings is 1. The Morgan fingerprint density at radius 1 is 1.42 bits per heavy atom. The van der Waals surface area contributed by atoms with E-state index in [9.17, 15) is 9.18 Å². The molecule has 0 aliphatic rings. The fourth-order valence-corrected chi connectivity index (χ4v) is 1.62. The van der Waals surface area contributed by atoms with Gasteiger partial charge in [0, 0.05) is 12.7 Å². The molecule has 2 aromatic rings. The van der Waals surface area contributed by atoms with Crippen LogP contribution in [-0.4, -0.2) is 18.0 Å². The first kappa shape index (κ1) is 13.0. The van der Waals surface area contributed by atoms with E-state index in [0.29, 0.717) is 12.3 Å². The van der Waals surface area contributed by atoms with Crippen LogP contribution in [0.15, 0.2) is 42.7 Å². The molecule has 0 aliphatic heterocycles. The molecule has 1 aromatic heterocycles. The van der Waals surface area contributed by atoms with Crippen molar-refractivity contribution in [3.05, 3.63) is 59.7 Å². The Hall–Kier alpha value is -2.43. The number of halogens is 1. The SMILES string of the molecule is COc1cccc(CNC(=O)c2ccncc2F)c1. The van der Waals surface area contributed by atoms with Gasteiger partial charge in [-0.25, -0.2) is 4.39 Å². The molecule has 0 spiro atoms. The second-order valence-electron chi connectivity index (χ2n) is 3.89. The van der Waals surface area contributed by atoms with Crippen LogP contribution in [0.5, 0.6) is 5.75 Å². The third-order valence-corrected chi connectivity index (χ3v) is 2.60. The van der Waals surface area contributed by atoms with Crippen LogP contribution in [0.1, 0.15) is 15.9 Å². The third-order valence-electron chi connectivity index (χ3n) is 2.60. The normalized spacial score (nSPS) is 10.0. The predicted octanol–water partition coefficient (Wildman–Crippen LogP) is 2.16. The van der Waals surface area contributed by atoms with Crippen LogP contribution in [0.4, 0.5) is 4.39 Å². The van der Waals surface area contributed by atoms with Gasteiger partial charge in [-0.3, -0.25) is 9.78 Å². The number of carbonyl (C=O) groups excluding carboxylic acids is 1. The van der Waals surface area contributed by atoms with Gasteiger partial charge >= 0.3 is 0 Å². The first-order valence-corrected chi connectivity index (χ1v) is 5.71. The summed E-state index contributed by atoms with van der Waals surface area (Å²) in [5.41, 5.74) is 0.861. The first-order valence-electron chi connectivity index (χ1n) is 5.71. The van der Waals surface area contributed by atoms with E-state index in [1.165, 1.54) is 12.3 Å². The van der Waals surface area contributed by atoms with Crippen molar-refractivity contribution >= 4 is 5.91 Å². The van der Waals surface area contributed by atoms with Gasteiger partial charge < -0.3 is 10.1 Å². The monoisotopic (exact) mass is 260 g/mol. The van der Waals surface area contributed by atoms with Crippen molar-refractivity contribution < 1.29 is 13.9 Å². The zero-order valence-electron chi connectivity index (χ0n) is 10.4. The molecule has 0 unspecified atom stereocenters. The molecule has 4 nitrogen and oxygen atoms in total. The molecule has 0 saturated carbocycles. The lowest BCUT2D eigenvalue weighted by Gasteiger charge is -2.07. The Bertz CT molecular complexity index is 587. The smallest absolute Gasteiger partial charge is 0.254 e. The second kappa shape index (κ2) is 5.95. The molecule has 0 fully saturated rings. The Labute approximate surface area is 110 Å². The highest BCUT2D eigenvalue weighted by Crippen LogP contribution is 2.12. The molecule has 98 valence electrons. The Morgan fingerprint density at radius 2 is 2.26 bits per heavy atom. The average molecular weight is 260 g/mol. The van der Waals surface area contributed by atoms with Crippen LogP contribution in [-0.2, 0) is 6.54 Å².